The average molecular weight is 336 g/mol. The van der Waals surface area contributed by atoms with Crippen molar-refractivity contribution in [2.75, 3.05) is 0 Å². The largest absolute Gasteiger partial charge is 0.324 e. The number of thiazole rings is 1. The lowest BCUT2D eigenvalue weighted by Crippen LogP contribution is -2.15. The SMILES string of the molecule is Cc1c(Br)cccc1C(N)Cc1cn2ccsc2n1. The van der Waals surface area contributed by atoms with Gasteiger partial charge in [-0.2, -0.15) is 0 Å². The van der Waals surface area contributed by atoms with Crippen LogP contribution in [-0.2, 0) is 6.42 Å². The molecular weight excluding hydrogens is 322 g/mol. The van der Waals surface area contributed by atoms with Crippen LogP contribution >= 0.6 is 27.3 Å². The van der Waals surface area contributed by atoms with Gasteiger partial charge in [0.1, 0.15) is 0 Å². The van der Waals surface area contributed by atoms with Crippen molar-refractivity contribution in [3.05, 3.63) is 57.3 Å². The number of halogens is 1. The molecule has 2 N–H and O–H groups in total. The van der Waals surface area contributed by atoms with Gasteiger partial charge in [-0.15, -0.1) is 11.3 Å². The number of imidazole rings is 1. The van der Waals surface area contributed by atoms with Crippen molar-refractivity contribution in [3.63, 3.8) is 0 Å². The summed E-state index contributed by atoms with van der Waals surface area (Å²) in [7, 11) is 0. The summed E-state index contributed by atoms with van der Waals surface area (Å²) in [5.41, 5.74) is 9.74. The van der Waals surface area contributed by atoms with Crippen LogP contribution in [0.15, 0.2) is 40.4 Å². The average Bonchev–Trinajstić information content (AvgIpc) is 2.93. The fraction of sp³-hybridized carbons (Fsp3) is 0.214. The van der Waals surface area contributed by atoms with Crippen molar-refractivity contribution in [3.8, 4) is 0 Å². The second-order valence-corrected chi connectivity index (χ2v) is 6.32. The Hall–Kier alpha value is -1.17. The van der Waals surface area contributed by atoms with Crippen LogP contribution in [0.25, 0.3) is 4.96 Å². The lowest BCUT2D eigenvalue weighted by atomic mass is 9.99. The minimum absolute atomic E-state index is 0.0258. The Labute approximate surface area is 124 Å². The second kappa shape index (κ2) is 5.07. The number of fused-ring (bicyclic) bond motifs is 1. The maximum atomic E-state index is 6.32. The molecule has 3 rings (SSSR count). The summed E-state index contributed by atoms with van der Waals surface area (Å²) in [5.74, 6) is 0. The van der Waals surface area contributed by atoms with Gasteiger partial charge < -0.3 is 5.73 Å². The van der Waals surface area contributed by atoms with Crippen LogP contribution in [0.4, 0.5) is 0 Å². The Morgan fingerprint density at radius 2 is 2.32 bits per heavy atom. The van der Waals surface area contributed by atoms with Crippen LogP contribution in [0.1, 0.15) is 22.9 Å². The molecule has 0 aliphatic carbocycles. The van der Waals surface area contributed by atoms with Crippen molar-refractivity contribution >= 4 is 32.2 Å². The normalized spacial score (nSPS) is 13.0. The molecule has 1 atom stereocenters. The summed E-state index contributed by atoms with van der Waals surface area (Å²) < 4.78 is 3.15. The lowest BCUT2D eigenvalue weighted by molar-refractivity contribution is 0.704. The van der Waals surface area contributed by atoms with Gasteiger partial charge in [-0.25, -0.2) is 4.98 Å². The van der Waals surface area contributed by atoms with Gasteiger partial charge in [0, 0.05) is 34.7 Å². The monoisotopic (exact) mass is 335 g/mol. The van der Waals surface area contributed by atoms with Gasteiger partial charge in [0.25, 0.3) is 0 Å². The quantitative estimate of drug-likeness (QED) is 0.792. The summed E-state index contributed by atoms with van der Waals surface area (Å²) in [6, 6.07) is 6.13. The molecule has 0 fully saturated rings. The molecule has 1 unspecified atom stereocenters. The first-order chi connectivity index (χ1) is 9.15. The summed E-state index contributed by atoms with van der Waals surface area (Å²) in [6.07, 6.45) is 4.83. The van der Waals surface area contributed by atoms with Crippen molar-refractivity contribution in [2.24, 2.45) is 5.73 Å². The molecule has 0 saturated heterocycles. The van der Waals surface area contributed by atoms with E-state index in [1.807, 2.05) is 28.1 Å². The van der Waals surface area contributed by atoms with Gasteiger partial charge in [0.15, 0.2) is 4.96 Å². The fourth-order valence-electron chi connectivity index (χ4n) is 2.24. The van der Waals surface area contributed by atoms with Gasteiger partial charge in [0.05, 0.1) is 5.69 Å². The number of hydrogen-bond donors (Lipinski definition) is 1. The van der Waals surface area contributed by atoms with E-state index in [2.05, 4.69) is 40.1 Å². The van der Waals surface area contributed by atoms with E-state index in [1.54, 1.807) is 11.3 Å². The molecule has 98 valence electrons. The molecule has 0 aliphatic rings. The zero-order valence-corrected chi connectivity index (χ0v) is 12.9. The predicted octanol–water partition coefficient (Wildman–Crippen LogP) is 3.71. The number of aromatic nitrogens is 2. The highest BCUT2D eigenvalue weighted by atomic mass is 79.9. The standard InChI is InChI=1S/C14H14BrN3S/c1-9-11(3-2-4-12(9)15)13(16)7-10-8-18-5-6-19-14(18)17-10/h2-6,8,13H,7,16H2,1H3. The van der Waals surface area contributed by atoms with E-state index < -0.39 is 0 Å². The minimum atomic E-state index is -0.0258. The Bertz CT molecular complexity index is 688. The topological polar surface area (TPSA) is 43.3 Å². The van der Waals surface area contributed by atoms with E-state index >= 15 is 0 Å². The highest BCUT2D eigenvalue weighted by molar-refractivity contribution is 9.10. The Balaban J connectivity index is 1.86. The lowest BCUT2D eigenvalue weighted by Gasteiger charge is -2.14. The molecule has 3 aromatic rings. The molecule has 5 heteroatoms. The molecule has 3 nitrogen and oxygen atoms in total. The van der Waals surface area contributed by atoms with Crippen LogP contribution in [0.5, 0.6) is 0 Å². The van der Waals surface area contributed by atoms with Crippen molar-refractivity contribution < 1.29 is 0 Å². The van der Waals surface area contributed by atoms with E-state index in [0.717, 1.165) is 21.5 Å². The summed E-state index contributed by atoms with van der Waals surface area (Å²) in [6.45, 7) is 2.09. The Morgan fingerprint density at radius 1 is 1.47 bits per heavy atom. The van der Waals surface area contributed by atoms with E-state index in [-0.39, 0.29) is 6.04 Å². The number of hydrogen-bond acceptors (Lipinski definition) is 3. The molecule has 0 amide bonds. The highest BCUT2D eigenvalue weighted by Gasteiger charge is 2.13. The third-order valence-corrected chi connectivity index (χ3v) is 4.91. The number of benzene rings is 1. The maximum absolute atomic E-state index is 6.32. The Morgan fingerprint density at radius 3 is 3.11 bits per heavy atom. The molecular formula is C14H14BrN3S. The van der Waals surface area contributed by atoms with Gasteiger partial charge in [-0.3, -0.25) is 4.40 Å². The second-order valence-electron chi connectivity index (χ2n) is 4.59. The van der Waals surface area contributed by atoms with Crippen LogP contribution in [0.3, 0.4) is 0 Å². The van der Waals surface area contributed by atoms with Gasteiger partial charge >= 0.3 is 0 Å². The highest BCUT2D eigenvalue weighted by Crippen LogP contribution is 2.25. The van der Waals surface area contributed by atoms with E-state index in [1.165, 1.54) is 11.1 Å². The van der Waals surface area contributed by atoms with Crippen molar-refractivity contribution in [1.82, 2.24) is 9.38 Å². The van der Waals surface area contributed by atoms with Crippen molar-refractivity contribution in [1.29, 1.82) is 0 Å². The fourth-order valence-corrected chi connectivity index (χ4v) is 3.34. The van der Waals surface area contributed by atoms with Crippen LogP contribution in [-0.4, -0.2) is 9.38 Å². The summed E-state index contributed by atoms with van der Waals surface area (Å²) in [5, 5.41) is 2.03. The summed E-state index contributed by atoms with van der Waals surface area (Å²) >= 11 is 5.19. The Kier molecular flexibility index (Phi) is 3.43. The molecule has 0 saturated carbocycles. The predicted molar refractivity (Wildman–Crippen MR) is 82.6 cm³/mol. The molecule has 0 bridgehead atoms. The molecule has 2 aromatic heterocycles. The smallest absolute Gasteiger partial charge is 0.193 e. The molecule has 2 heterocycles. The van der Waals surface area contributed by atoms with Gasteiger partial charge in [-0.05, 0) is 24.1 Å². The number of nitrogens with two attached hydrogens (primary N) is 1. The minimum Gasteiger partial charge on any atom is -0.324 e. The first-order valence-corrected chi connectivity index (χ1v) is 7.74. The van der Waals surface area contributed by atoms with E-state index in [9.17, 15) is 0 Å². The number of rotatable bonds is 3. The molecule has 19 heavy (non-hydrogen) atoms. The van der Waals surface area contributed by atoms with Crippen molar-refractivity contribution in [2.45, 2.75) is 19.4 Å². The third kappa shape index (κ3) is 2.45. The molecule has 1 aromatic carbocycles. The maximum Gasteiger partial charge on any atom is 0.193 e. The first kappa shape index (κ1) is 12.8. The zero-order valence-electron chi connectivity index (χ0n) is 10.5. The van der Waals surface area contributed by atoms with E-state index in [4.69, 9.17) is 5.73 Å². The van der Waals surface area contributed by atoms with Gasteiger partial charge in [0.2, 0.25) is 0 Å². The zero-order chi connectivity index (χ0) is 13.4. The molecule has 0 aliphatic heterocycles. The van der Waals surface area contributed by atoms with E-state index in [0.29, 0.717) is 0 Å². The molecule has 0 radical (unpaired) electrons. The van der Waals surface area contributed by atoms with Crippen LogP contribution < -0.4 is 5.73 Å². The van der Waals surface area contributed by atoms with Crippen LogP contribution in [0.2, 0.25) is 0 Å². The van der Waals surface area contributed by atoms with Crippen LogP contribution in [0, 0.1) is 6.92 Å². The first-order valence-electron chi connectivity index (χ1n) is 6.07. The molecule has 0 spiro atoms. The summed E-state index contributed by atoms with van der Waals surface area (Å²) in [4.78, 5) is 5.60. The third-order valence-electron chi connectivity index (χ3n) is 3.28. The number of nitrogens with zero attached hydrogens (tertiary/aromatic N) is 2. The van der Waals surface area contributed by atoms with Gasteiger partial charge in [-0.1, -0.05) is 28.1 Å².